The zero-order valence-electron chi connectivity index (χ0n) is 14.8. The van der Waals surface area contributed by atoms with E-state index in [1.807, 2.05) is 29.8 Å². The Morgan fingerprint density at radius 1 is 1.15 bits per heavy atom. The molecule has 3 aromatic rings. The molecule has 2 aliphatic heterocycles. The van der Waals surface area contributed by atoms with E-state index < -0.39 is 0 Å². The van der Waals surface area contributed by atoms with Crippen LogP contribution in [-0.2, 0) is 13.1 Å². The number of nitrogens with one attached hydrogen (secondary N) is 1. The van der Waals surface area contributed by atoms with Crippen LogP contribution in [0, 0.1) is 6.92 Å². The van der Waals surface area contributed by atoms with Crippen molar-refractivity contribution in [1.82, 2.24) is 29.9 Å². The number of aromatic amines is 1. The molecule has 1 amide bonds. The van der Waals surface area contributed by atoms with E-state index in [1.54, 1.807) is 11.0 Å². The first-order chi connectivity index (χ1) is 13.2. The molecule has 0 atom stereocenters. The number of benzene rings is 1. The highest BCUT2D eigenvalue weighted by Gasteiger charge is 2.25. The minimum Gasteiger partial charge on any atom is -0.486 e. The second kappa shape index (κ2) is 6.11. The van der Waals surface area contributed by atoms with Crippen molar-refractivity contribution in [3.63, 3.8) is 0 Å². The Balaban J connectivity index is 1.37. The van der Waals surface area contributed by atoms with Gasteiger partial charge >= 0.3 is 0 Å². The summed E-state index contributed by atoms with van der Waals surface area (Å²) in [6, 6.07) is 7.41. The molecular formula is C18H18N6O3. The summed E-state index contributed by atoms with van der Waals surface area (Å²) in [7, 11) is 0. The van der Waals surface area contributed by atoms with Gasteiger partial charge < -0.3 is 14.4 Å². The van der Waals surface area contributed by atoms with Gasteiger partial charge in [-0.15, -0.1) is 0 Å². The van der Waals surface area contributed by atoms with Crippen LogP contribution in [-0.4, -0.2) is 55.5 Å². The number of amides is 1. The van der Waals surface area contributed by atoms with E-state index in [0.717, 1.165) is 23.0 Å². The molecule has 0 aliphatic carbocycles. The molecule has 2 aromatic heterocycles. The van der Waals surface area contributed by atoms with Crippen molar-refractivity contribution in [1.29, 1.82) is 0 Å². The lowest BCUT2D eigenvalue weighted by Gasteiger charge is -2.26. The average molecular weight is 366 g/mol. The van der Waals surface area contributed by atoms with E-state index in [4.69, 9.17) is 9.47 Å². The Morgan fingerprint density at radius 2 is 2.00 bits per heavy atom. The van der Waals surface area contributed by atoms with Gasteiger partial charge in [0.15, 0.2) is 11.5 Å². The third-order valence-electron chi connectivity index (χ3n) is 4.70. The second-order valence-corrected chi connectivity index (χ2v) is 6.55. The molecular weight excluding hydrogens is 348 g/mol. The van der Waals surface area contributed by atoms with Gasteiger partial charge in [0.2, 0.25) is 0 Å². The van der Waals surface area contributed by atoms with Crippen molar-refractivity contribution in [2.75, 3.05) is 19.8 Å². The van der Waals surface area contributed by atoms with E-state index in [1.165, 1.54) is 0 Å². The van der Waals surface area contributed by atoms with Crippen LogP contribution in [0.15, 0.2) is 24.3 Å². The number of H-pyrrole nitrogens is 1. The third kappa shape index (κ3) is 2.80. The Labute approximate surface area is 154 Å². The van der Waals surface area contributed by atoms with Gasteiger partial charge in [0.05, 0.1) is 18.8 Å². The van der Waals surface area contributed by atoms with E-state index in [9.17, 15) is 4.79 Å². The molecule has 9 nitrogen and oxygen atoms in total. The summed E-state index contributed by atoms with van der Waals surface area (Å²) in [4.78, 5) is 19.0. The quantitative estimate of drug-likeness (QED) is 0.736. The highest BCUT2D eigenvalue weighted by molar-refractivity contribution is 5.93. The molecule has 9 heteroatoms. The summed E-state index contributed by atoms with van der Waals surface area (Å²) in [5.41, 5.74) is 2.00. The van der Waals surface area contributed by atoms with Crippen molar-refractivity contribution in [3.8, 4) is 22.8 Å². The van der Waals surface area contributed by atoms with Gasteiger partial charge in [-0.3, -0.25) is 9.89 Å². The van der Waals surface area contributed by atoms with Crippen LogP contribution < -0.4 is 9.47 Å². The normalized spacial score (nSPS) is 15.5. The predicted molar refractivity (Wildman–Crippen MR) is 94.5 cm³/mol. The van der Waals surface area contributed by atoms with Crippen LogP contribution in [0.1, 0.15) is 22.1 Å². The lowest BCUT2D eigenvalue weighted by atomic mass is 10.1. The summed E-state index contributed by atoms with van der Waals surface area (Å²) >= 11 is 0. The SMILES string of the molecule is Cc1nc2n(n1)CCN(C(=O)c1cc(-c3ccc4c(c3)OCCO4)n[nH]1)C2. The molecule has 0 saturated heterocycles. The standard InChI is InChI=1S/C18H18N6O3/c1-11-19-17-10-23(4-5-24(17)22-11)18(25)14-9-13(20-21-14)12-2-3-15-16(8-12)27-7-6-26-15/h2-3,8-9H,4-7,10H2,1H3,(H,20,21). The van der Waals surface area contributed by atoms with Crippen molar-refractivity contribution >= 4 is 5.91 Å². The number of nitrogens with zero attached hydrogens (tertiary/aromatic N) is 5. The van der Waals surface area contributed by atoms with Crippen LogP contribution in [0.2, 0.25) is 0 Å². The van der Waals surface area contributed by atoms with Crippen LogP contribution in [0.5, 0.6) is 11.5 Å². The summed E-state index contributed by atoms with van der Waals surface area (Å²) in [5.74, 6) is 2.85. The number of carbonyl (C=O) groups excluding carboxylic acids is 1. The molecule has 1 N–H and O–H groups in total. The second-order valence-electron chi connectivity index (χ2n) is 6.55. The number of hydrogen-bond acceptors (Lipinski definition) is 6. The molecule has 1 aromatic carbocycles. The predicted octanol–water partition coefficient (Wildman–Crippen LogP) is 1.40. The zero-order chi connectivity index (χ0) is 18.4. The highest BCUT2D eigenvalue weighted by Crippen LogP contribution is 2.34. The van der Waals surface area contributed by atoms with Gasteiger partial charge in [0.1, 0.15) is 30.6 Å². The van der Waals surface area contributed by atoms with E-state index >= 15 is 0 Å². The Bertz CT molecular complexity index is 1020. The molecule has 0 unspecified atom stereocenters. The van der Waals surface area contributed by atoms with Crippen molar-refractivity contribution in [2.24, 2.45) is 0 Å². The first-order valence-corrected chi connectivity index (χ1v) is 8.82. The number of rotatable bonds is 2. The Kier molecular flexibility index (Phi) is 3.59. The van der Waals surface area contributed by atoms with E-state index in [0.29, 0.717) is 50.0 Å². The molecule has 0 bridgehead atoms. The van der Waals surface area contributed by atoms with Gasteiger partial charge in [-0.1, -0.05) is 0 Å². The van der Waals surface area contributed by atoms with Gasteiger partial charge in [0.25, 0.3) is 5.91 Å². The van der Waals surface area contributed by atoms with Gasteiger partial charge in [0, 0.05) is 12.1 Å². The van der Waals surface area contributed by atoms with Crippen LogP contribution >= 0.6 is 0 Å². The van der Waals surface area contributed by atoms with E-state index in [2.05, 4.69) is 20.3 Å². The fourth-order valence-corrected chi connectivity index (χ4v) is 3.39. The average Bonchev–Trinajstić information content (AvgIpc) is 3.32. The van der Waals surface area contributed by atoms with Crippen molar-refractivity contribution in [3.05, 3.63) is 41.6 Å². The highest BCUT2D eigenvalue weighted by atomic mass is 16.6. The minimum atomic E-state index is -0.0989. The summed E-state index contributed by atoms with van der Waals surface area (Å²) in [6.45, 7) is 4.61. The fraction of sp³-hybridized carbons (Fsp3) is 0.333. The monoisotopic (exact) mass is 366 g/mol. The maximum Gasteiger partial charge on any atom is 0.272 e. The topological polar surface area (TPSA) is 98.2 Å². The first-order valence-electron chi connectivity index (χ1n) is 8.82. The summed E-state index contributed by atoms with van der Waals surface area (Å²) in [6.07, 6.45) is 0. The van der Waals surface area contributed by atoms with Gasteiger partial charge in [-0.25, -0.2) is 9.67 Å². The van der Waals surface area contributed by atoms with Gasteiger partial charge in [-0.2, -0.15) is 10.2 Å². The molecule has 138 valence electrons. The third-order valence-corrected chi connectivity index (χ3v) is 4.70. The first kappa shape index (κ1) is 15.9. The number of aryl methyl sites for hydroxylation is 1. The lowest BCUT2D eigenvalue weighted by Crippen LogP contribution is -2.38. The molecule has 0 saturated carbocycles. The summed E-state index contributed by atoms with van der Waals surface area (Å²) in [5, 5.41) is 11.5. The number of ether oxygens (including phenoxy) is 2. The molecule has 2 aliphatic rings. The molecule has 5 rings (SSSR count). The smallest absolute Gasteiger partial charge is 0.272 e. The van der Waals surface area contributed by atoms with Crippen molar-refractivity contribution in [2.45, 2.75) is 20.0 Å². The van der Waals surface area contributed by atoms with Crippen LogP contribution in [0.4, 0.5) is 0 Å². The molecule has 0 fully saturated rings. The lowest BCUT2D eigenvalue weighted by molar-refractivity contribution is 0.0696. The van der Waals surface area contributed by atoms with Crippen LogP contribution in [0.3, 0.4) is 0 Å². The maximum atomic E-state index is 12.8. The largest absolute Gasteiger partial charge is 0.486 e. The Hall–Kier alpha value is -3.36. The molecule has 27 heavy (non-hydrogen) atoms. The number of aromatic nitrogens is 5. The maximum absolute atomic E-state index is 12.8. The number of fused-ring (bicyclic) bond motifs is 2. The molecule has 0 spiro atoms. The van der Waals surface area contributed by atoms with E-state index in [-0.39, 0.29) is 5.91 Å². The fourth-order valence-electron chi connectivity index (χ4n) is 3.39. The van der Waals surface area contributed by atoms with Crippen LogP contribution in [0.25, 0.3) is 11.3 Å². The number of hydrogen-bond donors (Lipinski definition) is 1. The minimum absolute atomic E-state index is 0.0989. The van der Waals surface area contributed by atoms with Crippen molar-refractivity contribution < 1.29 is 14.3 Å². The molecule has 4 heterocycles. The summed E-state index contributed by atoms with van der Waals surface area (Å²) < 4.78 is 13.0. The zero-order valence-corrected chi connectivity index (χ0v) is 14.8. The number of carbonyl (C=O) groups is 1. The Morgan fingerprint density at radius 3 is 2.89 bits per heavy atom. The molecule has 0 radical (unpaired) electrons. The van der Waals surface area contributed by atoms with Gasteiger partial charge in [-0.05, 0) is 31.2 Å².